The maximum atomic E-state index is 14.6. The number of hydrogen-bond donors (Lipinski definition) is 0. The second-order valence-electron chi connectivity index (χ2n) is 9.15. The van der Waals surface area contributed by atoms with E-state index in [9.17, 15) is 9.18 Å². The quantitative estimate of drug-likeness (QED) is 0.476. The predicted molar refractivity (Wildman–Crippen MR) is 121 cm³/mol. The van der Waals surface area contributed by atoms with Crippen LogP contribution in [0.15, 0.2) is 36.7 Å². The van der Waals surface area contributed by atoms with Crippen molar-refractivity contribution in [1.29, 1.82) is 0 Å². The van der Waals surface area contributed by atoms with E-state index in [-0.39, 0.29) is 11.7 Å². The zero-order chi connectivity index (χ0) is 22.3. The first kappa shape index (κ1) is 21.7. The number of hydrogen-bond acceptors (Lipinski definition) is 5. The zero-order valence-electron chi connectivity index (χ0n) is 18.6. The van der Waals surface area contributed by atoms with Crippen molar-refractivity contribution in [3.05, 3.63) is 65.0 Å². The van der Waals surface area contributed by atoms with Crippen LogP contribution in [-0.4, -0.2) is 63.0 Å². The van der Waals surface area contributed by atoms with E-state index in [1.165, 1.54) is 8.48 Å². The Kier molecular flexibility index (Phi) is 5.76. The molecule has 1 aromatic carbocycles. The van der Waals surface area contributed by atoms with Gasteiger partial charge in [0.2, 0.25) is 0 Å². The fourth-order valence-corrected chi connectivity index (χ4v) is 6.86. The van der Waals surface area contributed by atoms with E-state index in [1.807, 2.05) is 17.2 Å². The molecule has 0 spiro atoms. The molecule has 0 atom stereocenters. The van der Waals surface area contributed by atoms with E-state index in [0.29, 0.717) is 36.8 Å². The van der Waals surface area contributed by atoms with Gasteiger partial charge in [0.15, 0.2) is 0 Å². The molecule has 2 aromatic heterocycles. The van der Waals surface area contributed by atoms with Crippen molar-refractivity contribution < 1.29 is 9.18 Å². The third kappa shape index (κ3) is 4.58. The molecule has 0 fully saturated rings. The molecule has 0 N–H and O–H groups in total. The molecule has 0 saturated carbocycles. The van der Waals surface area contributed by atoms with Crippen molar-refractivity contribution in [2.24, 2.45) is 0 Å². The van der Waals surface area contributed by atoms with Crippen LogP contribution in [0.2, 0.25) is 14.8 Å². The average Bonchev–Trinajstić information content (AvgIpc) is 3.27. The first-order valence-corrected chi connectivity index (χ1v) is 20.2. The summed E-state index contributed by atoms with van der Waals surface area (Å²) in [6.45, 7) is 1.57. The number of carbonyl (C=O) groups is 1. The van der Waals surface area contributed by atoms with Crippen LogP contribution in [-0.2, 0) is 19.6 Å². The number of benzene rings is 1. The fraction of sp³-hybridized carbons (Fsp3) is 0.364. The topological polar surface area (TPSA) is 67.2 Å². The van der Waals surface area contributed by atoms with Gasteiger partial charge in [0.25, 0.3) is 5.91 Å². The molecular weight excluding hydrogens is 502 g/mol. The molecule has 3 heterocycles. The molecule has 1 aliphatic heterocycles. The van der Waals surface area contributed by atoms with E-state index >= 15 is 0 Å². The summed E-state index contributed by atoms with van der Waals surface area (Å²) >= 11 is -2.29. The van der Waals surface area contributed by atoms with E-state index < -0.39 is 18.4 Å². The predicted octanol–water partition coefficient (Wildman–Crippen LogP) is 2.63. The van der Waals surface area contributed by atoms with Crippen molar-refractivity contribution in [2.75, 3.05) is 19.0 Å². The summed E-state index contributed by atoms with van der Waals surface area (Å²) < 4.78 is 17.6. The number of fused-ring (bicyclic) bond motifs is 1. The third-order valence-electron chi connectivity index (χ3n) is 5.43. The molecule has 0 saturated heterocycles. The number of amides is 1. The van der Waals surface area contributed by atoms with Gasteiger partial charge in [0.05, 0.1) is 0 Å². The SMILES string of the molecule is CN(C)C(=O)c1ccnc(N2Cc3cn(Cc4cc[c]([Sn]([CH3])([CH3])[CH3])cc4F)nc3C2)n1. The molecule has 4 rings (SSSR count). The molecule has 1 amide bonds. The zero-order valence-corrected chi connectivity index (χ0v) is 21.4. The van der Waals surface area contributed by atoms with Crippen LogP contribution in [0, 0.1) is 5.82 Å². The standard InChI is InChI=1S/C19H18FN6O.3CH3.Sn/c1-24(2)18(27)16-7-8-21-19(22-16)25-9-14-11-26(23-17(14)12-25)10-13-5-3-4-6-15(13)20;;;;/h3,5-8,11H,9-10,12H2,1-2H3;3*1H3;. The van der Waals surface area contributed by atoms with Crippen molar-refractivity contribution in [2.45, 2.75) is 34.5 Å². The number of carbonyl (C=O) groups excluding carboxylic acids is 1. The van der Waals surface area contributed by atoms with Gasteiger partial charge in [0, 0.05) is 20.3 Å². The summed E-state index contributed by atoms with van der Waals surface area (Å²) in [5, 5.41) is 4.65. The molecule has 0 radical (unpaired) electrons. The summed E-state index contributed by atoms with van der Waals surface area (Å²) in [5.74, 6) is 0.193. The van der Waals surface area contributed by atoms with Crippen LogP contribution in [0.1, 0.15) is 27.3 Å². The molecule has 31 heavy (non-hydrogen) atoms. The molecule has 0 unspecified atom stereocenters. The van der Waals surface area contributed by atoms with Crippen molar-refractivity contribution >= 4 is 33.8 Å². The summed E-state index contributed by atoms with van der Waals surface area (Å²) in [5.41, 5.74) is 3.01. The Labute approximate surface area is 185 Å². The number of anilines is 1. The molecule has 162 valence electrons. The second-order valence-corrected chi connectivity index (χ2v) is 23.6. The summed E-state index contributed by atoms with van der Waals surface area (Å²) in [7, 11) is 3.39. The fourth-order valence-electron chi connectivity index (χ4n) is 3.60. The van der Waals surface area contributed by atoms with Crippen LogP contribution in [0.25, 0.3) is 0 Å². The Hall–Kier alpha value is -2.49. The Morgan fingerprint density at radius 3 is 2.61 bits per heavy atom. The number of aromatic nitrogens is 4. The Bertz CT molecular complexity index is 1110. The molecule has 3 aromatic rings. The molecule has 0 bridgehead atoms. The average molecular weight is 529 g/mol. The first-order chi connectivity index (χ1) is 14.6. The van der Waals surface area contributed by atoms with Gasteiger partial charge in [-0.05, 0) is 6.07 Å². The number of rotatable bonds is 5. The second kappa shape index (κ2) is 8.22. The number of nitrogens with zero attached hydrogens (tertiary/aromatic N) is 6. The van der Waals surface area contributed by atoms with Gasteiger partial charge in [-0.25, -0.2) is 0 Å². The van der Waals surface area contributed by atoms with Crippen LogP contribution >= 0.6 is 0 Å². The van der Waals surface area contributed by atoms with Crippen LogP contribution in [0.5, 0.6) is 0 Å². The van der Waals surface area contributed by atoms with Gasteiger partial charge in [0.1, 0.15) is 5.69 Å². The molecule has 9 heteroatoms. The summed E-state index contributed by atoms with van der Waals surface area (Å²) in [4.78, 5) is 31.2. The normalized spacial score (nSPS) is 13.4. The first-order valence-electron chi connectivity index (χ1n) is 10.3. The Morgan fingerprint density at radius 1 is 1.19 bits per heavy atom. The van der Waals surface area contributed by atoms with Crippen molar-refractivity contribution in [3.8, 4) is 0 Å². The summed E-state index contributed by atoms with van der Waals surface area (Å²) in [6, 6.07) is 7.30. The molecule has 0 aliphatic carbocycles. The Balaban J connectivity index is 1.47. The van der Waals surface area contributed by atoms with Crippen LogP contribution in [0.3, 0.4) is 0 Å². The Morgan fingerprint density at radius 2 is 1.97 bits per heavy atom. The molecule has 1 aliphatic rings. The van der Waals surface area contributed by atoms with E-state index in [1.54, 1.807) is 37.1 Å². The monoisotopic (exact) mass is 530 g/mol. The van der Waals surface area contributed by atoms with Gasteiger partial charge < -0.3 is 4.90 Å². The third-order valence-corrected chi connectivity index (χ3v) is 11.3. The molecular formula is C22H27FN6OSn. The van der Waals surface area contributed by atoms with E-state index in [4.69, 9.17) is 0 Å². The summed E-state index contributed by atoms with van der Waals surface area (Å²) in [6.07, 6.45) is 3.56. The molecule has 7 nitrogen and oxygen atoms in total. The maximum absolute atomic E-state index is 14.6. The minimum absolute atomic E-state index is 0.155. The van der Waals surface area contributed by atoms with E-state index in [0.717, 1.165) is 11.3 Å². The van der Waals surface area contributed by atoms with Crippen molar-refractivity contribution in [1.82, 2.24) is 24.6 Å². The van der Waals surface area contributed by atoms with E-state index in [2.05, 4.69) is 36.0 Å². The van der Waals surface area contributed by atoms with Gasteiger partial charge in [-0.3, -0.25) is 4.79 Å². The van der Waals surface area contributed by atoms with Crippen LogP contribution < -0.4 is 8.48 Å². The minimum atomic E-state index is -2.29. The van der Waals surface area contributed by atoms with Gasteiger partial charge >= 0.3 is 138 Å². The van der Waals surface area contributed by atoms with Gasteiger partial charge in [-0.15, -0.1) is 0 Å². The van der Waals surface area contributed by atoms with Crippen LogP contribution in [0.4, 0.5) is 10.3 Å². The van der Waals surface area contributed by atoms with Crippen molar-refractivity contribution in [3.63, 3.8) is 0 Å². The van der Waals surface area contributed by atoms with Gasteiger partial charge in [-0.2, -0.15) is 0 Å². The number of halogens is 1. The van der Waals surface area contributed by atoms with Gasteiger partial charge in [-0.1, -0.05) is 0 Å².